The van der Waals surface area contributed by atoms with Gasteiger partial charge in [0.1, 0.15) is 13.2 Å². The van der Waals surface area contributed by atoms with Crippen LogP contribution in [-0.4, -0.2) is 19.0 Å². The van der Waals surface area contributed by atoms with E-state index < -0.39 is 0 Å². The molecule has 1 aromatic carbocycles. The summed E-state index contributed by atoms with van der Waals surface area (Å²) in [5, 5.41) is 0. The molecular formula is C11H12O3. The minimum atomic E-state index is 0.0551. The number of carbonyl (C=O) groups is 1. The first-order valence-electron chi connectivity index (χ1n) is 4.59. The Hall–Kier alpha value is -1.51. The molecular weight excluding hydrogens is 180 g/mol. The third-order valence-electron chi connectivity index (χ3n) is 2.27. The lowest BCUT2D eigenvalue weighted by atomic mass is 10.0. The second-order valence-electron chi connectivity index (χ2n) is 3.37. The average molecular weight is 192 g/mol. The zero-order chi connectivity index (χ0) is 10.1. The summed E-state index contributed by atoms with van der Waals surface area (Å²) in [5.41, 5.74) is 1.64. The van der Waals surface area contributed by atoms with Crippen LogP contribution in [0.5, 0.6) is 11.5 Å². The lowest BCUT2D eigenvalue weighted by Gasteiger charge is -2.19. The highest BCUT2D eigenvalue weighted by Crippen LogP contribution is 2.32. The maximum absolute atomic E-state index is 11.3. The van der Waals surface area contributed by atoms with Crippen molar-refractivity contribution in [3.8, 4) is 11.5 Å². The molecule has 0 fully saturated rings. The van der Waals surface area contributed by atoms with Crippen molar-refractivity contribution in [1.82, 2.24) is 0 Å². The molecule has 0 unspecified atom stereocenters. The third kappa shape index (κ3) is 1.45. The zero-order valence-corrected chi connectivity index (χ0v) is 8.29. The fourth-order valence-electron chi connectivity index (χ4n) is 1.57. The van der Waals surface area contributed by atoms with Crippen LogP contribution in [0.3, 0.4) is 0 Å². The van der Waals surface area contributed by atoms with Gasteiger partial charge in [0, 0.05) is 5.56 Å². The van der Waals surface area contributed by atoms with Crippen LogP contribution in [0.25, 0.3) is 0 Å². The molecule has 0 amide bonds. The molecule has 0 bridgehead atoms. The maximum atomic E-state index is 11.3. The van der Waals surface area contributed by atoms with Crippen molar-refractivity contribution in [2.24, 2.45) is 0 Å². The number of rotatable bonds is 1. The van der Waals surface area contributed by atoms with E-state index >= 15 is 0 Å². The lowest BCUT2D eigenvalue weighted by molar-refractivity contribution is 0.101. The SMILES string of the molecule is CC(=O)c1cc2c(cc1C)OCCO2. The Balaban J connectivity index is 2.50. The van der Waals surface area contributed by atoms with Crippen molar-refractivity contribution in [1.29, 1.82) is 0 Å². The van der Waals surface area contributed by atoms with Gasteiger partial charge in [-0.3, -0.25) is 4.79 Å². The number of aryl methyl sites for hydroxylation is 1. The molecule has 0 saturated carbocycles. The molecule has 2 rings (SSSR count). The standard InChI is InChI=1S/C11H12O3/c1-7-5-10-11(14-4-3-13-10)6-9(7)8(2)12/h5-6H,3-4H2,1-2H3. The van der Waals surface area contributed by atoms with E-state index in [0.29, 0.717) is 24.5 Å². The molecule has 3 heteroatoms. The van der Waals surface area contributed by atoms with Crippen LogP contribution in [0.2, 0.25) is 0 Å². The first kappa shape index (κ1) is 9.06. The van der Waals surface area contributed by atoms with Gasteiger partial charge in [0.25, 0.3) is 0 Å². The smallest absolute Gasteiger partial charge is 0.162 e. The normalized spacial score (nSPS) is 13.9. The lowest BCUT2D eigenvalue weighted by Crippen LogP contribution is -2.16. The molecule has 0 radical (unpaired) electrons. The maximum Gasteiger partial charge on any atom is 0.162 e. The molecule has 0 aliphatic carbocycles. The zero-order valence-electron chi connectivity index (χ0n) is 8.29. The molecule has 1 aliphatic rings. The predicted octanol–water partition coefficient (Wildman–Crippen LogP) is 1.97. The van der Waals surface area contributed by atoms with Crippen molar-refractivity contribution in [3.05, 3.63) is 23.3 Å². The molecule has 0 atom stereocenters. The molecule has 1 aromatic rings. The van der Waals surface area contributed by atoms with Crippen LogP contribution >= 0.6 is 0 Å². The van der Waals surface area contributed by atoms with Crippen LogP contribution in [0.4, 0.5) is 0 Å². The fraction of sp³-hybridized carbons (Fsp3) is 0.364. The van der Waals surface area contributed by atoms with E-state index in [9.17, 15) is 4.79 Å². The second-order valence-corrected chi connectivity index (χ2v) is 3.37. The Morgan fingerprint density at radius 3 is 2.36 bits per heavy atom. The van der Waals surface area contributed by atoms with Gasteiger partial charge >= 0.3 is 0 Å². The molecule has 14 heavy (non-hydrogen) atoms. The van der Waals surface area contributed by atoms with Gasteiger partial charge in [-0.1, -0.05) is 0 Å². The number of Topliss-reactive ketones (excluding diaryl/α,β-unsaturated/α-hetero) is 1. The van der Waals surface area contributed by atoms with E-state index in [1.54, 1.807) is 13.0 Å². The van der Waals surface area contributed by atoms with Crippen LogP contribution in [0, 0.1) is 6.92 Å². The first-order valence-corrected chi connectivity index (χ1v) is 4.59. The van der Waals surface area contributed by atoms with Crippen LogP contribution < -0.4 is 9.47 Å². The van der Waals surface area contributed by atoms with Crippen molar-refractivity contribution in [2.75, 3.05) is 13.2 Å². The van der Waals surface area contributed by atoms with Crippen LogP contribution in [0.1, 0.15) is 22.8 Å². The molecule has 3 nitrogen and oxygen atoms in total. The van der Waals surface area contributed by atoms with Crippen LogP contribution in [-0.2, 0) is 0 Å². The summed E-state index contributed by atoms with van der Waals surface area (Å²) in [4.78, 5) is 11.3. The number of ketones is 1. The summed E-state index contributed by atoms with van der Waals surface area (Å²) in [7, 11) is 0. The molecule has 1 heterocycles. The van der Waals surface area contributed by atoms with E-state index in [0.717, 1.165) is 11.3 Å². The summed E-state index contributed by atoms with van der Waals surface area (Å²) < 4.78 is 10.8. The number of benzene rings is 1. The number of fused-ring (bicyclic) bond motifs is 1. The Morgan fingerprint density at radius 2 is 1.79 bits per heavy atom. The third-order valence-corrected chi connectivity index (χ3v) is 2.27. The fourth-order valence-corrected chi connectivity index (χ4v) is 1.57. The van der Waals surface area contributed by atoms with E-state index in [1.165, 1.54) is 0 Å². The van der Waals surface area contributed by atoms with Gasteiger partial charge in [-0.2, -0.15) is 0 Å². The number of carbonyl (C=O) groups excluding carboxylic acids is 1. The summed E-state index contributed by atoms with van der Waals surface area (Å²) >= 11 is 0. The summed E-state index contributed by atoms with van der Waals surface area (Å²) in [6, 6.07) is 3.61. The van der Waals surface area contributed by atoms with Crippen molar-refractivity contribution in [3.63, 3.8) is 0 Å². The van der Waals surface area contributed by atoms with Gasteiger partial charge in [-0.15, -0.1) is 0 Å². The quantitative estimate of drug-likeness (QED) is 0.638. The van der Waals surface area contributed by atoms with Gasteiger partial charge in [-0.25, -0.2) is 0 Å². The number of hydrogen-bond acceptors (Lipinski definition) is 3. The molecule has 0 spiro atoms. The average Bonchev–Trinajstić information content (AvgIpc) is 2.16. The topological polar surface area (TPSA) is 35.5 Å². The van der Waals surface area contributed by atoms with Crippen molar-refractivity contribution in [2.45, 2.75) is 13.8 Å². The minimum absolute atomic E-state index is 0.0551. The van der Waals surface area contributed by atoms with Crippen LogP contribution in [0.15, 0.2) is 12.1 Å². The molecule has 0 saturated heterocycles. The van der Waals surface area contributed by atoms with Crippen molar-refractivity contribution >= 4 is 5.78 Å². The van der Waals surface area contributed by atoms with E-state index in [-0.39, 0.29) is 5.78 Å². The highest BCUT2D eigenvalue weighted by molar-refractivity contribution is 5.96. The second kappa shape index (κ2) is 3.33. The van der Waals surface area contributed by atoms with Gasteiger partial charge in [0.15, 0.2) is 17.3 Å². The Bertz CT molecular complexity index is 382. The Kier molecular flexibility index (Phi) is 2.15. The molecule has 0 N–H and O–H groups in total. The largest absolute Gasteiger partial charge is 0.486 e. The number of ether oxygens (including phenoxy) is 2. The number of hydrogen-bond donors (Lipinski definition) is 0. The Labute approximate surface area is 82.6 Å². The monoisotopic (exact) mass is 192 g/mol. The van der Waals surface area contributed by atoms with E-state index in [2.05, 4.69) is 0 Å². The molecule has 0 aromatic heterocycles. The summed E-state index contributed by atoms with van der Waals surface area (Å²) in [5.74, 6) is 1.46. The first-order chi connectivity index (χ1) is 6.68. The summed E-state index contributed by atoms with van der Waals surface area (Å²) in [6.45, 7) is 4.58. The van der Waals surface area contributed by atoms with E-state index in [4.69, 9.17) is 9.47 Å². The predicted molar refractivity (Wildman–Crippen MR) is 52.2 cm³/mol. The van der Waals surface area contributed by atoms with Crippen molar-refractivity contribution < 1.29 is 14.3 Å². The Morgan fingerprint density at radius 1 is 1.21 bits per heavy atom. The van der Waals surface area contributed by atoms with Gasteiger partial charge < -0.3 is 9.47 Å². The highest BCUT2D eigenvalue weighted by Gasteiger charge is 2.15. The summed E-state index contributed by atoms with van der Waals surface area (Å²) in [6.07, 6.45) is 0. The highest BCUT2D eigenvalue weighted by atomic mass is 16.6. The van der Waals surface area contributed by atoms with Gasteiger partial charge in [-0.05, 0) is 31.5 Å². The molecule has 1 aliphatic heterocycles. The minimum Gasteiger partial charge on any atom is -0.486 e. The van der Waals surface area contributed by atoms with Gasteiger partial charge in [0.05, 0.1) is 0 Å². The van der Waals surface area contributed by atoms with E-state index in [1.807, 2.05) is 13.0 Å². The van der Waals surface area contributed by atoms with Gasteiger partial charge in [0.2, 0.25) is 0 Å². The molecule has 74 valence electrons.